The maximum absolute atomic E-state index is 14.1. The average molecular weight is 598 g/mol. The van der Waals surface area contributed by atoms with Crippen LogP contribution in [0.4, 0.5) is 0 Å². The summed E-state index contributed by atoms with van der Waals surface area (Å²) in [6.45, 7) is 0. The van der Waals surface area contributed by atoms with Crippen LogP contribution in [-0.2, 0) is 32.6 Å². The van der Waals surface area contributed by atoms with Crippen LogP contribution >= 0.6 is 23.5 Å². The first-order valence-electron chi connectivity index (χ1n) is 13.3. The van der Waals surface area contributed by atoms with Crippen molar-refractivity contribution >= 4 is 41.3 Å². The largest absolute Gasteiger partial charge is 0.448 e. The molecule has 2 aliphatic rings. The fourth-order valence-corrected chi connectivity index (χ4v) is 7.30. The van der Waals surface area contributed by atoms with Crippen LogP contribution in [0.15, 0.2) is 113 Å². The van der Waals surface area contributed by atoms with Crippen LogP contribution in [0.5, 0.6) is 0 Å². The Morgan fingerprint density at radius 3 is 2.21 bits per heavy atom. The number of aromatic nitrogens is 3. The zero-order valence-corrected chi connectivity index (χ0v) is 24.3. The van der Waals surface area contributed by atoms with Crippen molar-refractivity contribution in [2.45, 2.75) is 29.1 Å². The highest BCUT2D eigenvalue weighted by atomic mass is 32.2. The van der Waals surface area contributed by atoms with Crippen molar-refractivity contribution in [3.63, 3.8) is 0 Å². The number of nitrogens with one attached hydrogen (secondary N) is 1. The van der Waals surface area contributed by atoms with E-state index in [1.165, 1.54) is 28.4 Å². The summed E-state index contributed by atoms with van der Waals surface area (Å²) >= 11 is 2.77. The fourth-order valence-electron chi connectivity index (χ4n) is 4.89. The summed E-state index contributed by atoms with van der Waals surface area (Å²) in [6, 6.07) is 27.6. The lowest BCUT2D eigenvalue weighted by Crippen LogP contribution is -2.70. The van der Waals surface area contributed by atoms with Crippen molar-refractivity contribution in [2.24, 2.45) is 7.05 Å². The predicted molar refractivity (Wildman–Crippen MR) is 160 cm³/mol. The van der Waals surface area contributed by atoms with Crippen molar-refractivity contribution < 1.29 is 19.1 Å². The quantitative estimate of drug-likeness (QED) is 0.227. The second-order valence-electron chi connectivity index (χ2n) is 9.82. The number of benzene rings is 3. The maximum Gasteiger partial charge on any atom is 0.356 e. The van der Waals surface area contributed by atoms with Gasteiger partial charge < -0.3 is 14.6 Å². The number of esters is 1. The van der Waals surface area contributed by atoms with Crippen molar-refractivity contribution in [3.8, 4) is 0 Å². The molecule has 1 saturated heterocycles. The monoisotopic (exact) mass is 597 g/mol. The van der Waals surface area contributed by atoms with Crippen molar-refractivity contribution in [3.05, 3.63) is 125 Å². The Hall–Kier alpha value is -4.35. The van der Waals surface area contributed by atoms with Crippen molar-refractivity contribution in [1.29, 1.82) is 0 Å². The molecule has 9 nitrogen and oxygen atoms in total. The Morgan fingerprint density at radius 2 is 1.62 bits per heavy atom. The minimum atomic E-state index is -0.741. The second-order valence-corrected chi connectivity index (χ2v) is 12.0. The SMILES string of the molecule is Cn1cnnc1SC1=C(C(=O)OC(c2ccccc2)c2ccccc2)N2C(=O)[C@@H](NC(=O)Cc3ccccc3)[C@@H]2SC1. The van der Waals surface area contributed by atoms with Crippen LogP contribution < -0.4 is 5.32 Å². The molecule has 11 heteroatoms. The number of thioether (sulfide) groups is 2. The van der Waals surface area contributed by atoms with Gasteiger partial charge in [-0.15, -0.1) is 22.0 Å². The van der Waals surface area contributed by atoms with Gasteiger partial charge >= 0.3 is 5.97 Å². The van der Waals surface area contributed by atoms with E-state index in [9.17, 15) is 14.4 Å². The number of hydrogen-bond acceptors (Lipinski definition) is 8. The lowest BCUT2D eigenvalue weighted by molar-refractivity contribution is -0.154. The molecule has 0 saturated carbocycles. The van der Waals surface area contributed by atoms with E-state index in [0.29, 0.717) is 15.8 Å². The van der Waals surface area contributed by atoms with E-state index in [-0.39, 0.29) is 23.9 Å². The molecule has 42 heavy (non-hydrogen) atoms. The number of ether oxygens (including phenoxy) is 1. The third-order valence-corrected chi connectivity index (χ3v) is 9.56. The number of nitrogens with zero attached hydrogens (tertiary/aromatic N) is 4. The lowest BCUT2D eigenvalue weighted by atomic mass is 10.0. The van der Waals surface area contributed by atoms with Gasteiger partial charge in [0.2, 0.25) is 5.91 Å². The first-order valence-corrected chi connectivity index (χ1v) is 15.2. The second kappa shape index (κ2) is 12.3. The molecule has 2 aliphatic heterocycles. The van der Waals surface area contributed by atoms with Crippen LogP contribution in [0, 0.1) is 0 Å². The molecule has 212 valence electrons. The Kier molecular flexibility index (Phi) is 8.11. The zero-order chi connectivity index (χ0) is 29.1. The smallest absolute Gasteiger partial charge is 0.356 e. The van der Waals surface area contributed by atoms with Gasteiger partial charge in [-0.1, -0.05) is 103 Å². The summed E-state index contributed by atoms with van der Waals surface area (Å²) in [5.74, 6) is -0.791. The van der Waals surface area contributed by atoms with Gasteiger partial charge in [-0.25, -0.2) is 4.79 Å². The molecule has 0 radical (unpaired) electrons. The third-order valence-electron chi connectivity index (χ3n) is 6.96. The number of amides is 2. The molecule has 4 aromatic rings. The first kappa shape index (κ1) is 27.8. The zero-order valence-electron chi connectivity index (χ0n) is 22.6. The molecule has 0 spiro atoms. The first-order chi connectivity index (χ1) is 20.5. The molecule has 0 aliphatic carbocycles. The Morgan fingerprint density at radius 1 is 1.00 bits per heavy atom. The van der Waals surface area contributed by atoms with Gasteiger partial charge in [-0.2, -0.15) is 0 Å². The molecular formula is C31H27N5O4S2. The van der Waals surface area contributed by atoms with E-state index in [2.05, 4.69) is 15.5 Å². The molecule has 1 N–H and O–H groups in total. The number of hydrogen-bond donors (Lipinski definition) is 1. The standard InChI is InChI=1S/C31H27N5O4S2/c1-35-19-32-34-31(35)42-23-18-41-29-25(33-24(37)17-20-11-5-2-6-12-20)28(38)36(29)26(23)30(39)40-27(21-13-7-3-8-14-21)22-15-9-4-10-16-22/h2-16,19,25,27,29H,17-18H2,1H3,(H,33,37)/t25-,29+/m1/s1. The molecule has 0 unspecified atom stereocenters. The average Bonchev–Trinajstić information content (AvgIpc) is 3.43. The molecular weight excluding hydrogens is 571 g/mol. The number of rotatable bonds is 9. The third kappa shape index (κ3) is 5.70. The Balaban J connectivity index is 1.29. The van der Waals surface area contributed by atoms with Gasteiger partial charge in [0.25, 0.3) is 5.91 Å². The van der Waals surface area contributed by atoms with Crippen molar-refractivity contribution in [2.75, 3.05) is 5.75 Å². The predicted octanol–water partition coefficient (Wildman–Crippen LogP) is 4.09. The summed E-state index contributed by atoms with van der Waals surface area (Å²) in [5, 5.41) is 11.1. The van der Waals surface area contributed by atoms with Gasteiger partial charge in [0.05, 0.1) is 6.42 Å². The van der Waals surface area contributed by atoms with Crippen molar-refractivity contribution in [1.82, 2.24) is 25.0 Å². The molecule has 1 aromatic heterocycles. The van der Waals surface area contributed by atoms with Crippen LogP contribution in [0.25, 0.3) is 0 Å². The molecule has 0 bridgehead atoms. The summed E-state index contributed by atoms with van der Waals surface area (Å²) in [7, 11) is 1.81. The van der Waals surface area contributed by atoms with E-state index < -0.39 is 23.5 Å². The number of aryl methyl sites for hydroxylation is 1. The van der Waals surface area contributed by atoms with Gasteiger partial charge in [0.15, 0.2) is 11.3 Å². The molecule has 1 fully saturated rings. The summed E-state index contributed by atoms with van der Waals surface area (Å²) < 4.78 is 7.94. The van der Waals surface area contributed by atoms with Gasteiger partial charge in [0.1, 0.15) is 23.4 Å². The van der Waals surface area contributed by atoms with E-state index in [4.69, 9.17) is 4.74 Å². The highest BCUT2D eigenvalue weighted by Gasteiger charge is 2.55. The summed E-state index contributed by atoms with van der Waals surface area (Å²) in [6.07, 6.45) is 1.06. The normalized spacial score (nSPS) is 18.0. The number of carbonyl (C=O) groups is 3. The number of fused-ring (bicyclic) bond motifs is 1. The van der Waals surface area contributed by atoms with Crippen LogP contribution in [0.2, 0.25) is 0 Å². The summed E-state index contributed by atoms with van der Waals surface area (Å²) in [5.41, 5.74) is 2.64. The van der Waals surface area contributed by atoms with E-state index in [1.54, 1.807) is 10.9 Å². The van der Waals surface area contributed by atoms with Gasteiger partial charge in [0, 0.05) is 17.7 Å². The number of β-lactam (4-membered cyclic amide) rings is 1. The lowest BCUT2D eigenvalue weighted by Gasteiger charge is -2.49. The summed E-state index contributed by atoms with van der Waals surface area (Å²) in [4.78, 5) is 42.5. The maximum atomic E-state index is 14.1. The van der Waals surface area contributed by atoms with E-state index in [0.717, 1.165) is 16.7 Å². The number of carbonyl (C=O) groups excluding carboxylic acids is 3. The van der Waals surface area contributed by atoms with E-state index >= 15 is 0 Å². The Labute approximate surface area is 251 Å². The van der Waals surface area contributed by atoms with Gasteiger partial charge in [-0.3, -0.25) is 14.5 Å². The minimum absolute atomic E-state index is 0.163. The fraction of sp³-hybridized carbons (Fsp3) is 0.194. The molecule has 2 amide bonds. The van der Waals surface area contributed by atoms with Crippen LogP contribution in [0.3, 0.4) is 0 Å². The van der Waals surface area contributed by atoms with E-state index in [1.807, 2.05) is 98.0 Å². The molecule has 2 atom stereocenters. The topological polar surface area (TPSA) is 106 Å². The minimum Gasteiger partial charge on any atom is -0.448 e. The molecule has 6 rings (SSSR count). The highest BCUT2D eigenvalue weighted by Crippen LogP contribution is 2.45. The Bertz CT molecular complexity index is 1590. The highest BCUT2D eigenvalue weighted by molar-refractivity contribution is 8.06. The van der Waals surface area contributed by atoms with Crippen LogP contribution in [-0.4, -0.2) is 54.6 Å². The van der Waals surface area contributed by atoms with Gasteiger partial charge in [-0.05, 0) is 16.7 Å². The molecule has 3 heterocycles. The molecule has 3 aromatic carbocycles. The van der Waals surface area contributed by atoms with Crippen LogP contribution in [0.1, 0.15) is 22.8 Å².